The van der Waals surface area contributed by atoms with Crippen molar-refractivity contribution in [1.82, 2.24) is 15.1 Å². The van der Waals surface area contributed by atoms with Crippen molar-refractivity contribution in [3.63, 3.8) is 0 Å². The molecule has 1 fully saturated rings. The molecule has 2 aromatic rings. The van der Waals surface area contributed by atoms with E-state index in [1.54, 1.807) is 12.1 Å². The molecular weight excluding hydrogens is 318 g/mol. The van der Waals surface area contributed by atoms with Crippen LogP contribution in [0.5, 0.6) is 0 Å². The minimum absolute atomic E-state index is 0.0747. The maximum atomic E-state index is 12.7. The maximum absolute atomic E-state index is 12.7. The number of amides is 1. The van der Waals surface area contributed by atoms with E-state index >= 15 is 0 Å². The second-order valence-corrected chi connectivity index (χ2v) is 6.47. The number of fused-ring (bicyclic) bond motifs is 1. The number of hydrogen-bond donors (Lipinski definition) is 1. The first-order valence-corrected chi connectivity index (χ1v) is 9.10. The molecule has 1 unspecified atom stereocenters. The van der Waals surface area contributed by atoms with E-state index in [1.165, 1.54) is 4.68 Å². The highest BCUT2D eigenvalue weighted by Crippen LogP contribution is 2.15. The number of ether oxygens (including phenoxy) is 1. The van der Waals surface area contributed by atoms with Crippen LogP contribution in [-0.4, -0.2) is 34.9 Å². The summed E-state index contributed by atoms with van der Waals surface area (Å²) in [6.45, 7) is 3.87. The van der Waals surface area contributed by atoms with Gasteiger partial charge < -0.3 is 10.1 Å². The highest BCUT2D eigenvalue weighted by molar-refractivity contribution is 6.04. The number of carbonyl (C=O) groups excluding carboxylic acids is 1. The van der Waals surface area contributed by atoms with Crippen molar-refractivity contribution >= 4 is 16.7 Å². The Morgan fingerprint density at radius 3 is 2.84 bits per heavy atom. The Morgan fingerprint density at radius 1 is 1.32 bits per heavy atom. The highest BCUT2D eigenvalue weighted by Gasteiger charge is 2.20. The van der Waals surface area contributed by atoms with Gasteiger partial charge in [0.15, 0.2) is 5.69 Å². The summed E-state index contributed by atoms with van der Waals surface area (Å²) in [5, 5.41) is 8.41. The molecule has 0 saturated carbocycles. The molecule has 25 heavy (non-hydrogen) atoms. The van der Waals surface area contributed by atoms with Gasteiger partial charge in [0.1, 0.15) is 0 Å². The molecular formula is C19H25N3O3. The van der Waals surface area contributed by atoms with Crippen LogP contribution in [0.1, 0.15) is 49.5 Å². The van der Waals surface area contributed by atoms with E-state index in [0.717, 1.165) is 38.7 Å². The lowest BCUT2D eigenvalue weighted by molar-refractivity contribution is 0.0853. The largest absolute Gasteiger partial charge is 0.376 e. The maximum Gasteiger partial charge on any atom is 0.274 e. The Balaban J connectivity index is 1.87. The Bertz CT molecular complexity index is 794. The Hall–Kier alpha value is -2.21. The summed E-state index contributed by atoms with van der Waals surface area (Å²) in [6.07, 6.45) is 5.04. The zero-order valence-electron chi connectivity index (χ0n) is 14.7. The molecule has 6 heteroatoms. The molecule has 0 aliphatic carbocycles. The van der Waals surface area contributed by atoms with E-state index < -0.39 is 0 Å². The molecule has 0 radical (unpaired) electrons. The lowest BCUT2D eigenvalue weighted by Gasteiger charge is -2.13. The number of nitrogens with zero attached hydrogens (tertiary/aromatic N) is 2. The third kappa shape index (κ3) is 4.07. The first kappa shape index (κ1) is 17.6. The number of benzene rings is 1. The highest BCUT2D eigenvalue weighted by atomic mass is 16.5. The molecule has 1 aromatic heterocycles. The van der Waals surface area contributed by atoms with Crippen molar-refractivity contribution in [2.24, 2.45) is 0 Å². The molecule has 1 saturated heterocycles. The van der Waals surface area contributed by atoms with E-state index in [-0.39, 0.29) is 17.6 Å². The number of aryl methyl sites for hydroxylation is 1. The molecule has 0 bridgehead atoms. The molecule has 0 spiro atoms. The van der Waals surface area contributed by atoms with Crippen molar-refractivity contribution in [3.8, 4) is 0 Å². The first-order chi connectivity index (χ1) is 12.2. The predicted molar refractivity (Wildman–Crippen MR) is 96.8 cm³/mol. The summed E-state index contributed by atoms with van der Waals surface area (Å²) in [6, 6.07) is 7.17. The smallest absolute Gasteiger partial charge is 0.274 e. The molecule has 1 aliphatic heterocycles. The molecule has 2 heterocycles. The predicted octanol–water partition coefficient (Wildman–Crippen LogP) is 2.50. The second kappa shape index (κ2) is 8.25. The van der Waals surface area contributed by atoms with Crippen LogP contribution in [0.3, 0.4) is 0 Å². The van der Waals surface area contributed by atoms with Gasteiger partial charge in [0.05, 0.1) is 11.5 Å². The third-order valence-corrected chi connectivity index (χ3v) is 4.57. The van der Waals surface area contributed by atoms with Gasteiger partial charge in [-0.1, -0.05) is 38.0 Å². The summed E-state index contributed by atoms with van der Waals surface area (Å²) in [5.74, 6) is -0.254. The average Bonchev–Trinajstić information content (AvgIpc) is 3.15. The second-order valence-electron chi connectivity index (χ2n) is 6.47. The summed E-state index contributed by atoms with van der Waals surface area (Å²) in [5.41, 5.74) is 0.173. The zero-order chi connectivity index (χ0) is 17.6. The van der Waals surface area contributed by atoms with Crippen LogP contribution in [0.25, 0.3) is 10.8 Å². The van der Waals surface area contributed by atoms with Gasteiger partial charge in [0, 0.05) is 25.1 Å². The monoisotopic (exact) mass is 343 g/mol. The van der Waals surface area contributed by atoms with E-state index in [4.69, 9.17) is 4.74 Å². The fourth-order valence-corrected chi connectivity index (χ4v) is 3.16. The summed E-state index contributed by atoms with van der Waals surface area (Å²) in [7, 11) is 0. The van der Waals surface area contributed by atoms with E-state index in [2.05, 4.69) is 17.3 Å². The fourth-order valence-electron chi connectivity index (χ4n) is 3.16. The summed E-state index contributed by atoms with van der Waals surface area (Å²) < 4.78 is 6.97. The van der Waals surface area contributed by atoms with Crippen molar-refractivity contribution in [3.05, 3.63) is 40.3 Å². The molecule has 6 nitrogen and oxygen atoms in total. The number of unbranched alkanes of at least 4 members (excludes halogenated alkanes) is 2. The Kier molecular flexibility index (Phi) is 5.81. The van der Waals surface area contributed by atoms with Gasteiger partial charge >= 0.3 is 0 Å². The Morgan fingerprint density at radius 2 is 2.12 bits per heavy atom. The minimum atomic E-state index is -0.254. The number of hydrogen-bond acceptors (Lipinski definition) is 4. The summed E-state index contributed by atoms with van der Waals surface area (Å²) >= 11 is 0. The number of aromatic nitrogens is 2. The quantitative estimate of drug-likeness (QED) is 0.784. The minimum Gasteiger partial charge on any atom is -0.376 e. The molecule has 1 aromatic carbocycles. The van der Waals surface area contributed by atoms with Crippen LogP contribution < -0.4 is 10.9 Å². The standard InChI is InChI=1S/C19H25N3O3/c1-2-3-6-11-22-19(24)16-10-5-4-9-15(16)17(21-22)18(23)20-13-14-8-7-12-25-14/h4-5,9-10,14H,2-3,6-8,11-13H2,1H3,(H,20,23). The van der Waals surface area contributed by atoms with E-state index in [0.29, 0.717) is 29.6 Å². The number of nitrogens with one attached hydrogen (secondary N) is 1. The van der Waals surface area contributed by atoms with E-state index in [9.17, 15) is 9.59 Å². The lowest BCUT2D eigenvalue weighted by atomic mass is 10.1. The first-order valence-electron chi connectivity index (χ1n) is 9.10. The van der Waals surface area contributed by atoms with Crippen LogP contribution in [0.15, 0.2) is 29.1 Å². The van der Waals surface area contributed by atoms with Gasteiger partial charge in [-0.15, -0.1) is 0 Å². The SMILES string of the molecule is CCCCCn1nc(C(=O)NCC2CCCO2)c2ccccc2c1=O. The van der Waals surface area contributed by atoms with Crippen LogP contribution in [0.2, 0.25) is 0 Å². The third-order valence-electron chi connectivity index (χ3n) is 4.57. The van der Waals surface area contributed by atoms with Crippen LogP contribution >= 0.6 is 0 Å². The normalized spacial score (nSPS) is 17.1. The summed E-state index contributed by atoms with van der Waals surface area (Å²) in [4.78, 5) is 25.3. The van der Waals surface area contributed by atoms with Crippen LogP contribution in [-0.2, 0) is 11.3 Å². The van der Waals surface area contributed by atoms with E-state index in [1.807, 2.05) is 12.1 Å². The molecule has 134 valence electrons. The van der Waals surface area contributed by atoms with Gasteiger partial charge in [0.25, 0.3) is 11.5 Å². The van der Waals surface area contributed by atoms with Gasteiger partial charge in [-0.05, 0) is 25.3 Å². The van der Waals surface area contributed by atoms with Crippen LogP contribution in [0.4, 0.5) is 0 Å². The lowest BCUT2D eigenvalue weighted by Crippen LogP contribution is -2.34. The van der Waals surface area contributed by atoms with Gasteiger partial charge in [0.2, 0.25) is 0 Å². The van der Waals surface area contributed by atoms with Gasteiger partial charge in [-0.3, -0.25) is 9.59 Å². The Labute approximate surface area is 147 Å². The van der Waals surface area contributed by atoms with Gasteiger partial charge in [-0.2, -0.15) is 5.10 Å². The van der Waals surface area contributed by atoms with Crippen molar-refractivity contribution in [1.29, 1.82) is 0 Å². The van der Waals surface area contributed by atoms with Crippen molar-refractivity contribution in [2.75, 3.05) is 13.2 Å². The fraction of sp³-hybridized carbons (Fsp3) is 0.526. The number of carbonyl (C=O) groups is 1. The zero-order valence-corrected chi connectivity index (χ0v) is 14.7. The molecule has 1 aliphatic rings. The van der Waals surface area contributed by atoms with Crippen molar-refractivity contribution in [2.45, 2.75) is 51.7 Å². The van der Waals surface area contributed by atoms with Crippen molar-refractivity contribution < 1.29 is 9.53 Å². The van der Waals surface area contributed by atoms with Gasteiger partial charge in [-0.25, -0.2) is 4.68 Å². The topological polar surface area (TPSA) is 73.2 Å². The number of rotatable bonds is 7. The molecule has 3 rings (SSSR count). The average molecular weight is 343 g/mol. The molecule has 1 amide bonds. The molecule has 1 N–H and O–H groups in total. The molecule has 1 atom stereocenters. The van der Waals surface area contributed by atoms with Crippen LogP contribution in [0, 0.1) is 0 Å².